The molecule has 0 amide bonds. The second-order valence-electron chi connectivity index (χ2n) is 8.35. The number of hydrogen-bond acceptors (Lipinski definition) is 3. The van der Waals surface area contributed by atoms with Crippen LogP contribution in [0.1, 0.15) is 51.5 Å². The van der Waals surface area contributed by atoms with Crippen molar-refractivity contribution in [3.05, 3.63) is 40.8 Å². The molecule has 2 aliphatic carbocycles. The summed E-state index contributed by atoms with van der Waals surface area (Å²) in [5.74, 6) is 0.504. The number of carbonyl (C=O) groups is 1. The highest BCUT2D eigenvalue weighted by Crippen LogP contribution is 2.60. The zero-order chi connectivity index (χ0) is 15.8. The summed E-state index contributed by atoms with van der Waals surface area (Å²) < 4.78 is 0. The Morgan fingerprint density at radius 3 is 2.50 bits per heavy atom. The van der Waals surface area contributed by atoms with Crippen molar-refractivity contribution >= 4 is 6.29 Å². The van der Waals surface area contributed by atoms with E-state index < -0.39 is 0 Å². The highest BCUT2D eigenvalue weighted by molar-refractivity contribution is 5.60. The van der Waals surface area contributed by atoms with Crippen molar-refractivity contribution in [3.8, 4) is 0 Å². The van der Waals surface area contributed by atoms with Gasteiger partial charge in [0.15, 0.2) is 0 Å². The summed E-state index contributed by atoms with van der Waals surface area (Å²) in [6.07, 6.45) is 6.09. The molecule has 0 N–H and O–H groups in total. The number of rotatable bonds is 4. The normalized spacial score (nSPS) is 40.9. The Labute approximate surface area is 132 Å². The van der Waals surface area contributed by atoms with Crippen molar-refractivity contribution < 1.29 is 4.79 Å². The lowest BCUT2D eigenvalue weighted by atomic mass is 9.47. The Hall–Kier alpha value is -1.51. The van der Waals surface area contributed by atoms with E-state index in [1.165, 1.54) is 5.56 Å². The maximum Gasteiger partial charge on any atom is 0.125 e. The molecule has 0 aliphatic heterocycles. The zero-order valence-electron chi connectivity index (χ0n) is 13.5. The van der Waals surface area contributed by atoms with E-state index in [1.807, 2.05) is 6.07 Å². The quantitative estimate of drug-likeness (QED) is 0.607. The zero-order valence-corrected chi connectivity index (χ0v) is 13.5. The molecule has 3 rings (SSSR count). The second kappa shape index (κ2) is 5.29. The maximum absolute atomic E-state index is 11.7. The molecular weight excluding hydrogens is 274 g/mol. The van der Waals surface area contributed by atoms with E-state index in [-0.39, 0.29) is 16.2 Å². The first kappa shape index (κ1) is 15.4. The third-order valence-electron chi connectivity index (χ3n) is 5.84. The van der Waals surface area contributed by atoms with Gasteiger partial charge in [-0.1, -0.05) is 49.4 Å². The van der Waals surface area contributed by atoms with Crippen LogP contribution in [0.15, 0.2) is 35.5 Å². The molecule has 3 nitrogen and oxygen atoms in total. The molecule has 4 unspecified atom stereocenters. The van der Waals surface area contributed by atoms with E-state index in [2.05, 4.69) is 43.3 Å². The Balaban J connectivity index is 2.05. The van der Waals surface area contributed by atoms with Gasteiger partial charge in [-0.15, -0.1) is 0 Å². The van der Waals surface area contributed by atoms with Crippen molar-refractivity contribution in [3.63, 3.8) is 0 Å². The Kier molecular flexibility index (Phi) is 3.70. The Morgan fingerprint density at radius 1 is 1.14 bits per heavy atom. The average molecular weight is 299 g/mol. The fraction of sp³-hybridized carbons (Fsp3) is 0.632. The molecule has 2 fully saturated rings. The minimum atomic E-state index is -0.241. The van der Waals surface area contributed by atoms with E-state index in [0.29, 0.717) is 12.5 Å². The molecule has 2 aliphatic rings. The SMILES string of the molecule is CC1(C=O)CC2CC(C)(CN=O)CC(c3ccccc3)(C2)C1. The van der Waals surface area contributed by atoms with Gasteiger partial charge in [-0.2, -0.15) is 4.91 Å². The monoisotopic (exact) mass is 299 g/mol. The first-order chi connectivity index (χ1) is 10.4. The Bertz CT molecular complexity index is 572. The third kappa shape index (κ3) is 2.62. The van der Waals surface area contributed by atoms with Crippen LogP contribution in [0.2, 0.25) is 0 Å². The van der Waals surface area contributed by atoms with Crippen LogP contribution in [0.25, 0.3) is 0 Å². The summed E-state index contributed by atoms with van der Waals surface area (Å²) in [6, 6.07) is 10.6. The number of carbonyl (C=O) groups excluding carboxylic acids is 1. The Morgan fingerprint density at radius 2 is 1.86 bits per heavy atom. The summed E-state index contributed by atoms with van der Waals surface area (Å²) >= 11 is 0. The fourth-order valence-electron chi connectivity index (χ4n) is 5.55. The molecule has 3 heteroatoms. The first-order valence-corrected chi connectivity index (χ1v) is 8.24. The van der Waals surface area contributed by atoms with Crippen molar-refractivity contribution in [2.75, 3.05) is 6.54 Å². The summed E-state index contributed by atoms with van der Waals surface area (Å²) in [6.45, 7) is 4.68. The van der Waals surface area contributed by atoms with Crippen molar-refractivity contribution in [2.24, 2.45) is 21.9 Å². The van der Waals surface area contributed by atoms with Crippen molar-refractivity contribution in [1.29, 1.82) is 0 Å². The molecule has 4 atom stereocenters. The van der Waals surface area contributed by atoms with E-state index in [0.717, 1.165) is 38.4 Å². The lowest BCUT2D eigenvalue weighted by Gasteiger charge is -2.56. The third-order valence-corrected chi connectivity index (χ3v) is 5.84. The van der Waals surface area contributed by atoms with E-state index in [4.69, 9.17) is 0 Å². The summed E-state index contributed by atoms with van der Waals surface area (Å²) in [7, 11) is 0. The lowest BCUT2D eigenvalue weighted by Crippen LogP contribution is -2.51. The molecule has 2 bridgehead atoms. The van der Waals surface area contributed by atoms with E-state index in [1.54, 1.807) is 0 Å². The predicted octanol–water partition coefficient (Wildman–Crippen LogP) is 4.50. The van der Waals surface area contributed by atoms with Gasteiger partial charge in [0, 0.05) is 5.41 Å². The molecule has 0 radical (unpaired) electrons. The van der Waals surface area contributed by atoms with Gasteiger partial charge in [0.25, 0.3) is 0 Å². The molecule has 2 saturated carbocycles. The smallest absolute Gasteiger partial charge is 0.125 e. The number of hydrogen-bond donors (Lipinski definition) is 0. The van der Waals surface area contributed by atoms with Crippen LogP contribution in [0, 0.1) is 21.7 Å². The molecule has 0 saturated heterocycles. The number of nitrogens with zero attached hydrogens (tertiary/aromatic N) is 1. The van der Waals surface area contributed by atoms with Crippen molar-refractivity contribution in [1.82, 2.24) is 0 Å². The minimum Gasteiger partial charge on any atom is -0.303 e. The van der Waals surface area contributed by atoms with Gasteiger partial charge in [0.05, 0.1) is 6.54 Å². The summed E-state index contributed by atoms with van der Waals surface area (Å²) in [5.41, 5.74) is 1.06. The molecule has 22 heavy (non-hydrogen) atoms. The van der Waals surface area contributed by atoms with Gasteiger partial charge in [0.2, 0.25) is 0 Å². The van der Waals surface area contributed by atoms with Crippen LogP contribution < -0.4 is 0 Å². The van der Waals surface area contributed by atoms with E-state index in [9.17, 15) is 9.70 Å². The molecule has 0 aromatic heterocycles. The van der Waals surface area contributed by atoms with E-state index >= 15 is 0 Å². The van der Waals surface area contributed by atoms with Crippen molar-refractivity contribution in [2.45, 2.75) is 51.4 Å². The molecular formula is C19H25NO2. The largest absolute Gasteiger partial charge is 0.303 e. The first-order valence-electron chi connectivity index (χ1n) is 8.24. The number of aldehydes is 1. The number of benzene rings is 1. The fourth-order valence-corrected chi connectivity index (χ4v) is 5.55. The average Bonchev–Trinajstić information content (AvgIpc) is 2.46. The lowest BCUT2D eigenvalue weighted by molar-refractivity contribution is -0.122. The molecule has 1 aromatic rings. The number of fused-ring (bicyclic) bond motifs is 2. The summed E-state index contributed by atoms with van der Waals surface area (Å²) in [5, 5.41) is 3.22. The van der Waals surface area contributed by atoms with Crippen LogP contribution in [0.4, 0.5) is 0 Å². The van der Waals surface area contributed by atoms with Gasteiger partial charge in [-0.25, -0.2) is 0 Å². The van der Waals surface area contributed by atoms with Gasteiger partial charge < -0.3 is 4.79 Å². The van der Waals surface area contributed by atoms with Crippen LogP contribution >= 0.6 is 0 Å². The van der Waals surface area contributed by atoms with Gasteiger partial charge >= 0.3 is 0 Å². The molecule has 1 aromatic carbocycles. The topological polar surface area (TPSA) is 46.5 Å². The minimum absolute atomic E-state index is 0.0114. The van der Waals surface area contributed by atoms with Crippen LogP contribution in [-0.2, 0) is 10.2 Å². The molecule has 118 valence electrons. The highest BCUT2D eigenvalue weighted by Gasteiger charge is 2.54. The van der Waals surface area contributed by atoms with Gasteiger partial charge in [-0.3, -0.25) is 0 Å². The summed E-state index contributed by atoms with van der Waals surface area (Å²) in [4.78, 5) is 22.6. The highest BCUT2D eigenvalue weighted by atomic mass is 16.3. The van der Waals surface area contributed by atoms with Gasteiger partial charge in [0.1, 0.15) is 6.29 Å². The molecule has 0 spiro atoms. The predicted molar refractivity (Wildman–Crippen MR) is 87.6 cm³/mol. The number of nitroso groups, excluding NO2 is 1. The standard InChI is InChI=1S/C19H25NO2/c1-17(13-20-22)8-15-9-18(2,14-21)12-19(10-15,11-17)16-6-4-3-5-7-16/h3-7,14-15H,8-13H2,1-2H3. The maximum atomic E-state index is 11.7. The second-order valence-corrected chi connectivity index (χ2v) is 8.35. The van der Waals surface area contributed by atoms with Crippen LogP contribution in [0.3, 0.4) is 0 Å². The van der Waals surface area contributed by atoms with Crippen LogP contribution in [-0.4, -0.2) is 12.8 Å². The molecule has 0 heterocycles. The van der Waals surface area contributed by atoms with Crippen LogP contribution in [0.5, 0.6) is 0 Å². The van der Waals surface area contributed by atoms with Gasteiger partial charge in [-0.05, 0) is 54.4 Å².